The quantitative estimate of drug-likeness (QED) is 0.846. The standard InChI is InChI=1S/C20H29N3O3/c24-19(15-26-18-6-2-1-3-7-18)23-11-8-17(9-12-23)20(25)22-14-16-5-4-10-21-13-16/h4-5,10,13,17-18H,1-3,6-9,11-12,14-15H2,(H,22,25). The Morgan fingerprint density at radius 1 is 1.15 bits per heavy atom. The Balaban J connectivity index is 1.35. The zero-order valence-corrected chi connectivity index (χ0v) is 15.4. The van der Waals surface area contributed by atoms with Crippen LogP contribution in [-0.4, -0.2) is 47.5 Å². The van der Waals surface area contributed by atoms with E-state index >= 15 is 0 Å². The van der Waals surface area contributed by atoms with Gasteiger partial charge in [-0.15, -0.1) is 0 Å². The van der Waals surface area contributed by atoms with Crippen molar-refractivity contribution in [3.8, 4) is 0 Å². The number of ether oxygens (including phenoxy) is 1. The number of nitrogens with one attached hydrogen (secondary N) is 1. The summed E-state index contributed by atoms with van der Waals surface area (Å²) in [5.41, 5.74) is 0.994. The third kappa shape index (κ3) is 5.53. The summed E-state index contributed by atoms with van der Waals surface area (Å²) in [6.45, 7) is 1.96. The number of pyridine rings is 1. The van der Waals surface area contributed by atoms with E-state index in [2.05, 4.69) is 10.3 Å². The van der Waals surface area contributed by atoms with Crippen molar-refractivity contribution in [3.05, 3.63) is 30.1 Å². The fourth-order valence-corrected chi connectivity index (χ4v) is 3.74. The van der Waals surface area contributed by atoms with Gasteiger partial charge in [0.15, 0.2) is 0 Å². The van der Waals surface area contributed by atoms with E-state index in [9.17, 15) is 9.59 Å². The number of piperidine rings is 1. The topological polar surface area (TPSA) is 71.5 Å². The molecule has 2 heterocycles. The molecule has 1 N–H and O–H groups in total. The number of hydrogen-bond donors (Lipinski definition) is 1. The average Bonchev–Trinajstić information content (AvgIpc) is 2.72. The van der Waals surface area contributed by atoms with Crippen LogP contribution in [0.1, 0.15) is 50.5 Å². The van der Waals surface area contributed by atoms with Gasteiger partial charge in [0, 0.05) is 37.9 Å². The van der Waals surface area contributed by atoms with Gasteiger partial charge in [0.05, 0.1) is 6.10 Å². The van der Waals surface area contributed by atoms with Gasteiger partial charge in [-0.2, -0.15) is 0 Å². The minimum absolute atomic E-state index is 0.0185. The molecule has 142 valence electrons. The van der Waals surface area contributed by atoms with Crippen molar-refractivity contribution in [2.24, 2.45) is 5.92 Å². The van der Waals surface area contributed by atoms with Crippen LogP contribution >= 0.6 is 0 Å². The van der Waals surface area contributed by atoms with E-state index < -0.39 is 0 Å². The summed E-state index contributed by atoms with van der Waals surface area (Å²) >= 11 is 0. The van der Waals surface area contributed by atoms with E-state index in [0.29, 0.717) is 32.5 Å². The maximum absolute atomic E-state index is 12.3. The van der Waals surface area contributed by atoms with E-state index in [1.165, 1.54) is 19.3 Å². The molecule has 0 bridgehead atoms. The first-order valence-corrected chi connectivity index (χ1v) is 9.78. The van der Waals surface area contributed by atoms with Gasteiger partial charge in [-0.1, -0.05) is 25.3 Å². The Hall–Kier alpha value is -1.95. The van der Waals surface area contributed by atoms with Crippen LogP contribution in [0.25, 0.3) is 0 Å². The molecule has 0 aromatic carbocycles. The van der Waals surface area contributed by atoms with Crippen molar-refractivity contribution in [2.45, 2.75) is 57.6 Å². The van der Waals surface area contributed by atoms with Crippen LogP contribution in [0.4, 0.5) is 0 Å². The van der Waals surface area contributed by atoms with Crippen molar-refractivity contribution in [3.63, 3.8) is 0 Å². The Kier molecular flexibility index (Phi) is 7.00. The smallest absolute Gasteiger partial charge is 0.248 e. The zero-order chi connectivity index (χ0) is 18.2. The first-order valence-electron chi connectivity index (χ1n) is 9.78. The number of carbonyl (C=O) groups excluding carboxylic acids is 2. The highest BCUT2D eigenvalue weighted by molar-refractivity contribution is 5.80. The van der Waals surface area contributed by atoms with E-state index in [0.717, 1.165) is 18.4 Å². The summed E-state index contributed by atoms with van der Waals surface area (Å²) in [4.78, 5) is 30.5. The Bertz CT molecular complexity index is 579. The molecule has 0 atom stereocenters. The number of likely N-dealkylation sites (tertiary alicyclic amines) is 1. The van der Waals surface area contributed by atoms with Gasteiger partial charge in [0.25, 0.3) is 0 Å². The van der Waals surface area contributed by atoms with Gasteiger partial charge >= 0.3 is 0 Å². The van der Waals surface area contributed by atoms with Gasteiger partial charge in [-0.25, -0.2) is 0 Å². The molecule has 6 heteroatoms. The largest absolute Gasteiger partial charge is 0.368 e. The molecule has 2 amide bonds. The summed E-state index contributed by atoms with van der Waals surface area (Å²) in [5, 5.41) is 2.97. The van der Waals surface area contributed by atoms with Crippen LogP contribution in [0, 0.1) is 5.92 Å². The zero-order valence-electron chi connectivity index (χ0n) is 15.4. The first-order chi connectivity index (χ1) is 12.7. The lowest BCUT2D eigenvalue weighted by Gasteiger charge is -2.32. The molecule has 3 rings (SSSR count). The number of hydrogen-bond acceptors (Lipinski definition) is 4. The SMILES string of the molecule is O=C(NCc1cccnc1)C1CCN(C(=O)COC2CCCCC2)CC1. The van der Waals surface area contributed by atoms with Gasteiger partial charge in [0.2, 0.25) is 11.8 Å². The fraction of sp³-hybridized carbons (Fsp3) is 0.650. The van der Waals surface area contributed by atoms with E-state index in [1.807, 2.05) is 17.0 Å². The molecule has 1 aliphatic heterocycles. The monoisotopic (exact) mass is 359 g/mol. The average molecular weight is 359 g/mol. The molecule has 6 nitrogen and oxygen atoms in total. The maximum Gasteiger partial charge on any atom is 0.248 e. The molecule has 1 aromatic heterocycles. The van der Waals surface area contributed by atoms with Crippen molar-refractivity contribution < 1.29 is 14.3 Å². The van der Waals surface area contributed by atoms with Crippen molar-refractivity contribution >= 4 is 11.8 Å². The lowest BCUT2D eigenvalue weighted by atomic mass is 9.95. The molecule has 2 fully saturated rings. The third-order valence-corrected chi connectivity index (χ3v) is 5.40. The van der Waals surface area contributed by atoms with Crippen molar-refractivity contribution in [1.29, 1.82) is 0 Å². The number of rotatable bonds is 6. The lowest BCUT2D eigenvalue weighted by Crippen LogP contribution is -2.44. The van der Waals surface area contributed by atoms with E-state index in [-0.39, 0.29) is 30.4 Å². The van der Waals surface area contributed by atoms with Gasteiger partial charge in [0.1, 0.15) is 6.61 Å². The molecule has 1 aromatic rings. The van der Waals surface area contributed by atoms with Crippen LogP contribution in [0.15, 0.2) is 24.5 Å². The minimum Gasteiger partial charge on any atom is -0.368 e. The molecular formula is C20H29N3O3. The normalized spacial score (nSPS) is 19.3. The van der Waals surface area contributed by atoms with Crippen LogP contribution < -0.4 is 5.32 Å². The molecular weight excluding hydrogens is 330 g/mol. The Morgan fingerprint density at radius 3 is 2.62 bits per heavy atom. The summed E-state index contributed by atoms with van der Waals surface area (Å²) in [7, 11) is 0. The third-order valence-electron chi connectivity index (χ3n) is 5.40. The second-order valence-electron chi connectivity index (χ2n) is 7.31. The predicted molar refractivity (Wildman–Crippen MR) is 98.2 cm³/mol. The summed E-state index contributed by atoms with van der Waals surface area (Å²) in [5.74, 6) is 0.110. The fourth-order valence-electron chi connectivity index (χ4n) is 3.74. The highest BCUT2D eigenvalue weighted by atomic mass is 16.5. The number of nitrogens with zero attached hydrogens (tertiary/aromatic N) is 2. The maximum atomic E-state index is 12.3. The Labute approximate surface area is 155 Å². The van der Waals surface area contributed by atoms with Gasteiger partial charge in [-0.05, 0) is 37.3 Å². The molecule has 1 saturated carbocycles. The highest BCUT2D eigenvalue weighted by Crippen LogP contribution is 2.21. The minimum atomic E-state index is -0.0185. The summed E-state index contributed by atoms with van der Waals surface area (Å²) in [6.07, 6.45) is 11.0. The van der Waals surface area contributed by atoms with Crippen LogP contribution in [0.5, 0.6) is 0 Å². The summed E-state index contributed by atoms with van der Waals surface area (Å²) < 4.78 is 5.78. The molecule has 0 spiro atoms. The second-order valence-corrected chi connectivity index (χ2v) is 7.31. The second kappa shape index (κ2) is 9.67. The lowest BCUT2D eigenvalue weighted by molar-refractivity contribution is -0.141. The number of aromatic nitrogens is 1. The molecule has 2 aliphatic rings. The molecule has 1 saturated heterocycles. The summed E-state index contributed by atoms with van der Waals surface area (Å²) in [6, 6.07) is 3.81. The number of carbonyl (C=O) groups is 2. The molecule has 26 heavy (non-hydrogen) atoms. The molecule has 1 aliphatic carbocycles. The van der Waals surface area contributed by atoms with Gasteiger partial charge < -0.3 is 15.0 Å². The molecule has 0 unspecified atom stereocenters. The molecule has 0 radical (unpaired) electrons. The number of amides is 2. The van der Waals surface area contributed by atoms with Crippen LogP contribution in [0.3, 0.4) is 0 Å². The van der Waals surface area contributed by atoms with Crippen molar-refractivity contribution in [1.82, 2.24) is 15.2 Å². The van der Waals surface area contributed by atoms with E-state index in [1.54, 1.807) is 12.4 Å². The van der Waals surface area contributed by atoms with Gasteiger partial charge in [-0.3, -0.25) is 14.6 Å². The van der Waals surface area contributed by atoms with Crippen molar-refractivity contribution in [2.75, 3.05) is 19.7 Å². The van der Waals surface area contributed by atoms with Crippen LogP contribution in [-0.2, 0) is 20.9 Å². The van der Waals surface area contributed by atoms with E-state index in [4.69, 9.17) is 4.74 Å². The highest BCUT2D eigenvalue weighted by Gasteiger charge is 2.27. The first kappa shape index (κ1) is 18.8. The predicted octanol–water partition coefficient (Wildman–Crippen LogP) is 2.29. The Morgan fingerprint density at radius 2 is 1.92 bits per heavy atom. The van der Waals surface area contributed by atoms with Crippen LogP contribution in [0.2, 0.25) is 0 Å².